The van der Waals surface area contributed by atoms with Crippen LogP contribution in [0, 0.1) is 23.3 Å². The summed E-state index contributed by atoms with van der Waals surface area (Å²) in [5.74, 6) is -9.24. The molecule has 4 aromatic rings. The number of alkyl halides is 1. The summed E-state index contributed by atoms with van der Waals surface area (Å²) in [6.07, 6.45) is 2.28. The maximum atomic E-state index is 14.7. The van der Waals surface area contributed by atoms with Gasteiger partial charge in [-0.05, 0) is 44.3 Å². The van der Waals surface area contributed by atoms with Crippen LogP contribution in [0.5, 0.6) is 11.9 Å². The van der Waals surface area contributed by atoms with Crippen LogP contribution in [-0.2, 0) is 29.8 Å². The van der Waals surface area contributed by atoms with E-state index in [0.29, 0.717) is 24.2 Å². The normalized spacial score (nSPS) is 17.2. The van der Waals surface area contributed by atoms with Crippen molar-refractivity contribution < 1.29 is 39.3 Å². The monoisotopic (exact) mass is 634 g/mol. The summed E-state index contributed by atoms with van der Waals surface area (Å²) in [4.78, 5) is 10.7. The molecule has 1 aromatic heterocycles. The summed E-state index contributed by atoms with van der Waals surface area (Å²) in [7, 11) is -3.53. The van der Waals surface area contributed by atoms with Gasteiger partial charge in [0.25, 0.3) is 0 Å². The lowest BCUT2D eigenvalue weighted by Crippen LogP contribution is -2.33. The fourth-order valence-corrected chi connectivity index (χ4v) is 6.87. The number of hydrogen-bond donors (Lipinski definition) is 0. The Morgan fingerprint density at radius 3 is 2.45 bits per heavy atom. The van der Waals surface area contributed by atoms with E-state index in [1.807, 2.05) is 54.4 Å². The van der Waals surface area contributed by atoms with Gasteiger partial charge in [-0.25, -0.2) is 22.0 Å². The molecular weight excluding hydrogens is 607 g/mol. The van der Waals surface area contributed by atoms with Crippen LogP contribution in [0.25, 0.3) is 10.8 Å². The van der Waals surface area contributed by atoms with Crippen molar-refractivity contribution in [3.05, 3.63) is 82.6 Å². The third-order valence-electron chi connectivity index (χ3n) is 8.08. The van der Waals surface area contributed by atoms with Crippen LogP contribution >= 0.6 is 0 Å². The van der Waals surface area contributed by atoms with E-state index in [1.54, 1.807) is 0 Å². The first-order valence-electron chi connectivity index (χ1n) is 13.9. The van der Waals surface area contributed by atoms with Crippen molar-refractivity contribution in [2.45, 2.75) is 43.4 Å². The number of likely N-dealkylation sites (tertiary alicyclic amines) is 1. The van der Waals surface area contributed by atoms with Gasteiger partial charge in [0.2, 0.25) is 5.88 Å². The summed E-state index contributed by atoms with van der Waals surface area (Å²) in [6, 6.07) is 12.9. The Morgan fingerprint density at radius 2 is 1.70 bits per heavy atom. The maximum Gasteiger partial charge on any atom is 0.345 e. The van der Waals surface area contributed by atoms with E-state index in [-0.39, 0.29) is 25.1 Å². The molecule has 0 amide bonds. The number of likely N-dealkylation sites (N-methyl/N-ethyl adjacent to an activating group) is 1. The molecule has 3 aromatic carbocycles. The Balaban J connectivity index is 1.39. The van der Waals surface area contributed by atoms with Crippen molar-refractivity contribution in [2.75, 3.05) is 31.6 Å². The van der Waals surface area contributed by atoms with Crippen molar-refractivity contribution in [1.82, 2.24) is 14.9 Å². The van der Waals surface area contributed by atoms with E-state index in [9.17, 15) is 30.4 Å². The van der Waals surface area contributed by atoms with E-state index in [0.717, 1.165) is 35.8 Å². The number of rotatable bonds is 8. The Kier molecular flexibility index (Phi) is 8.05. The first-order valence-corrected chi connectivity index (χ1v) is 15.3. The Morgan fingerprint density at radius 1 is 0.955 bits per heavy atom. The summed E-state index contributed by atoms with van der Waals surface area (Å²) in [5.41, 5.74) is 0.315. The summed E-state index contributed by atoms with van der Waals surface area (Å²) >= 11 is 0. The highest BCUT2D eigenvalue weighted by molar-refractivity contribution is 7.87. The molecule has 0 radical (unpaired) electrons. The minimum absolute atomic E-state index is 0.0423. The summed E-state index contributed by atoms with van der Waals surface area (Å²) in [5, 5.41) is 2.00. The van der Waals surface area contributed by atoms with Gasteiger partial charge >= 0.3 is 16.1 Å². The van der Waals surface area contributed by atoms with Gasteiger partial charge in [-0.2, -0.15) is 18.4 Å². The van der Waals surface area contributed by atoms with Crippen molar-refractivity contribution in [2.24, 2.45) is 0 Å². The van der Waals surface area contributed by atoms with Gasteiger partial charge in [0, 0.05) is 34.8 Å². The topological polar surface area (TPSA) is 84.9 Å². The second-order valence-corrected chi connectivity index (χ2v) is 12.2. The highest BCUT2D eigenvalue weighted by atomic mass is 32.2. The molecule has 0 aliphatic carbocycles. The zero-order chi connectivity index (χ0) is 31.2. The number of halogens is 5. The molecule has 0 spiro atoms. The quantitative estimate of drug-likeness (QED) is 0.109. The predicted molar refractivity (Wildman–Crippen MR) is 151 cm³/mol. The van der Waals surface area contributed by atoms with Crippen LogP contribution in [0.1, 0.15) is 29.7 Å². The Hall–Kier alpha value is -4.04. The third kappa shape index (κ3) is 5.40. The van der Waals surface area contributed by atoms with Gasteiger partial charge in [-0.15, -0.1) is 0 Å². The highest BCUT2D eigenvalue weighted by Crippen LogP contribution is 2.35. The lowest BCUT2D eigenvalue weighted by molar-refractivity contribution is 0.190. The molecule has 8 nitrogen and oxygen atoms in total. The number of anilines is 1. The smallest absolute Gasteiger partial charge is 0.345 e. The number of ether oxygens (including phenoxy) is 1. The van der Waals surface area contributed by atoms with Crippen molar-refractivity contribution in [3.8, 4) is 11.9 Å². The van der Waals surface area contributed by atoms with Gasteiger partial charge in [0.05, 0.1) is 12.2 Å². The average molecular weight is 635 g/mol. The lowest BCUT2D eigenvalue weighted by atomic mass is 10.0. The van der Waals surface area contributed by atoms with E-state index in [2.05, 4.69) is 14.9 Å². The minimum atomic E-state index is -5.49. The molecule has 14 heteroatoms. The number of fused-ring (bicyclic) bond motifs is 2. The van der Waals surface area contributed by atoms with Gasteiger partial charge in [-0.1, -0.05) is 36.4 Å². The fourth-order valence-electron chi connectivity index (χ4n) is 5.76. The van der Waals surface area contributed by atoms with Gasteiger partial charge in [-0.3, -0.25) is 0 Å². The molecule has 44 heavy (non-hydrogen) atoms. The molecule has 2 aliphatic rings. The SMILES string of the molecule is CN1CCC[C@H]1COc1nc(OS(=O)(=O)c2c(F)c(F)c(F)c(F)c2CF)nc2c1CCN(c1cccc3ccccc13)C2. The molecule has 0 N–H and O–H groups in total. The van der Waals surface area contributed by atoms with Crippen molar-refractivity contribution >= 4 is 26.6 Å². The molecule has 0 saturated carbocycles. The van der Waals surface area contributed by atoms with Crippen LogP contribution in [0.4, 0.5) is 27.6 Å². The lowest BCUT2D eigenvalue weighted by Gasteiger charge is -2.32. The first-order chi connectivity index (χ1) is 21.1. The molecule has 0 unspecified atom stereocenters. The minimum Gasteiger partial charge on any atom is -0.476 e. The Labute approximate surface area is 250 Å². The molecule has 1 atom stereocenters. The molecule has 6 rings (SSSR count). The molecule has 3 heterocycles. The molecule has 0 bridgehead atoms. The average Bonchev–Trinajstić information content (AvgIpc) is 3.43. The van der Waals surface area contributed by atoms with Crippen LogP contribution in [0.2, 0.25) is 0 Å². The molecule has 232 valence electrons. The number of aromatic nitrogens is 2. The van der Waals surface area contributed by atoms with Gasteiger partial charge < -0.3 is 18.7 Å². The van der Waals surface area contributed by atoms with E-state index >= 15 is 0 Å². The molecule has 2 aliphatic heterocycles. The van der Waals surface area contributed by atoms with E-state index in [1.165, 1.54) is 0 Å². The second-order valence-electron chi connectivity index (χ2n) is 10.7. The maximum absolute atomic E-state index is 14.7. The second kappa shape index (κ2) is 11.8. The van der Waals surface area contributed by atoms with Crippen LogP contribution < -0.4 is 13.8 Å². The zero-order valence-corrected chi connectivity index (χ0v) is 24.3. The molecular formula is C30H27F5N4O4S. The number of benzene rings is 3. The van der Waals surface area contributed by atoms with Gasteiger partial charge in [0.15, 0.2) is 28.2 Å². The standard InChI is InChI=1S/C30H27F5N4O4S/c1-38-12-5-8-18(38)16-42-29-20-11-13-39(23-10-4-7-17-6-2-3-9-19(17)23)15-22(20)36-30(37-29)43-44(40,41)28-21(14-31)24(32)25(33)26(34)27(28)35/h2-4,6-7,9-10,18H,5,8,11-16H2,1H3/t18-/m0/s1. The largest absolute Gasteiger partial charge is 0.476 e. The van der Waals surface area contributed by atoms with Crippen LogP contribution in [0.15, 0.2) is 47.4 Å². The van der Waals surface area contributed by atoms with Crippen LogP contribution in [0.3, 0.4) is 0 Å². The van der Waals surface area contributed by atoms with E-state index < -0.39 is 56.5 Å². The summed E-state index contributed by atoms with van der Waals surface area (Å²) in [6.45, 7) is -0.0935. The van der Waals surface area contributed by atoms with Crippen LogP contribution in [-0.4, -0.2) is 56.1 Å². The highest BCUT2D eigenvalue weighted by Gasteiger charge is 2.36. The molecule has 1 saturated heterocycles. The van der Waals surface area contributed by atoms with Crippen molar-refractivity contribution in [3.63, 3.8) is 0 Å². The molecule has 1 fully saturated rings. The number of hydrogen-bond acceptors (Lipinski definition) is 8. The van der Waals surface area contributed by atoms with E-state index in [4.69, 9.17) is 8.92 Å². The third-order valence-corrected chi connectivity index (χ3v) is 9.38. The fraction of sp³-hybridized carbons (Fsp3) is 0.333. The zero-order valence-electron chi connectivity index (χ0n) is 23.5. The predicted octanol–water partition coefficient (Wildman–Crippen LogP) is 5.46. The number of nitrogens with zero attached hydrogens (tertiary/aromatic N) is 4. The van der Waals surface area contributed by atoms with Gasteiger partial charge in [0.1, 0.15) is 13.3 Å². The Bertz CT molecular complexity index is 1850. The van der Waals surface area contributed by atoms with Crippen molar-refractivity contribution in [1.29, 1.82) is 0 Å². The first kappa shape index (κ1) is 30.0. The summed E-state index contributed by atoms with van der Waals surface area (Å²) < 4.78 is 108.